The van der Waals surface area contributed by atoms with Crippen molar-refractivity contribution in [3.63, 3.8) is 0 Å². The minimum atomic E-state index is -0.423. The van der Waals surface area contributed by atoms with Gasteiger partial charge in [-0.1, -0.05) is 60.7 Å². The molecule has 0 spiro atoms. The Kier molecular flexibility index (Phi) is 7.16. The summed E-state index contributed by atoms with van der Waals surface area (Å²) in [7, 11) is 1.89. The molecule has 0 bridgehead atoms. The Hall–Kier alpha value is -2.96. The third kappa shape index (κ3) is 5.76. The molecule has 6 heteroatoms. The van der Waals surface area contributed by atoms with E-state index in [0.717, 1.165) is 16.0 Å². The number of carbonyl (C=O) groups excluding carboxylic acids is 2. The largest absolute Gasteiger partial charge is 0.462 e. The Labute approximate surface area is 174 Å². The van der Waals surface area contributed by atoms with Crippen LogP contribution in [0.4, 0.5) is 5.69 Å². The molecule has 5 nitrogen and oxygen atoms in total. The molecular weight excluding hydrogens is 384 g/mol. The van der Waals surface area contributed by atoms with E-state index in [4.69, 9.17) is 4.74 Å². The molecule has 1 heterocycles. The van der Waals surface area contributed by atoms with Crippen molar-refractivity contribution in [3.05, 3.63) is 77.2 Å². The molecule has 29 heavy (non-hydrogen) atoms. The summed E-state index contributed by atoms with van der Waals surface area (Å²) in [5.74, 6) is -0.598. The molecule has 3 rings (SSSR count). The number of benzene rings is 2. The van der Waals surface area contributed by atoms with Gasteiger partial charge in [0.1, 0.15) is 4.88 Å². The van der Waals surface area contributed by atoms with Gasteiger partial charge in [-0.3, -0.25) is 9.69 Å². The van der Waals surface area contributed by atoms with Gasteiger partial charge in [-0.05, 0) is 31.2 Å². The van der Waals surface area contributed by atoms with E-state index in [1.807, 2.05) is 78.7 Å². The molecule has 1 N–H and O–H groups in total. The van der Waals surface area contributed by atoms with Gasteiger partial charge in [-0.15, -0.1) is 11.3 Å². The van der Waals surface area contributed by atoms with Gasteiger partial charge in [-0.25, -0.2) is 4.79 Å². The van der Waals surface area contributed by atoms with Crippen LogP contribution in [0, 0.1) is 0 Å². The number of hydrogen-bond donors (Lipinski definition) is 1. The first-order chi connectivity index (χ1) is 14.1. The second kappa shape index (κ2) is 10.0. The van der Waals surface area contributed by atoms with E-state index in [1.165, 1.54) is 11.3 Å². The van der Waals surface area contributed by atoms with Crippen LogP contribution in [-0.2, 0) is 16.1 Å². The van der Waals surface area contributed by atoms with E-state index < -0.39 is 5.97 Å². The van der Waals surface area contributed by atoms with Crippen LogP contribution in [0.25, 0.3) is 10.4 Å². The average Bonchev–Trinajstić information content (AvgIpc) is 3.13. The van der Waals surface area contributed by atoms with Crippen molar-refractivity contribution >= 4 is 28.9 Å². The summed E-state index contributed by atoms with van der Waals surface area (Å²) in [4.78, 5) is 28.2. The van der Waals surface area contributed by atoms with Crippen molar-refractivity contribution in [2.45, 2.75) is 13.5 Å². The molecule has 0 radical (unpaired) electrons. The Morgan fingerprint density at radius 2 is 1.69 bits per heavy atom. The van der Waals surface area contributed by atoms with E-state index in [0.29, 0.717) is 17.1 Å². The van der Waals surface area contributed by atoms with Gasteiger partial charge in [0.2, 0.25) is 5.91 Å². The van der Waals surface area contributed by atoms with Crippen molar-refractivity contribution in [1.29, 1.82) is 0 Å². The molecule has 0 aliphatic carbocycles. The SMILES string of the molecule is CCOC(=O)c1sc(-c2ccccc2)cc1NC(=O)CN(C)Cc1ccccc1. The number of nitrogens with one attached hydrogen (secondary N) is 1. The molecule has 0 unspecified atom stereocenters. The first kappa shape index (κ1) is 20.8. The monoisotopic (exact) mass is 408 g/mol. The number of likely N-dealkylation sites (N-methyl/N-ethyl adjacent to an activating group) is 1. The highest BCUT2D eigenvalue weighted by atomic mass is 32.1. The van der Waals surface area contributed by atoms with Crippen LogP contribution >= 0.6 is 11.3 Å². The van der Waals surface area contributed by atoms with Crippen LogP contribution in [0.2, 0.25) is 0 Å². The molecule has 0 saturated heterocycles. The maximum atomic E-state index is 12.6. The van der Waals surface area contributed by atoms with Crippen LogP contribution in [0.1, 0.15) is 22.2 Å². The van der Waals surface area contributed by atoms with E-state index in [1.54, 1.807) is 6.92 Å². The number of rotatable bonds is 8. The zero-order valence-electron chi connectivity index (χ0n) is 16.6. The standard InChI is InChI=1S/C23H24N2O3S/c1-3-28-23(27)22-19(14-20(29-22)18-12-8-5-9-13-18)24-21(26)16-25(2)15-17-10-6-4-7-11-17/h4-14H,3,15-16H2,1-2H3,(H,24,26). The molecule has 0 aliphatic rings. The Morgan fingerprint density at radius 1 is 1.03 bits per heavy atom. The normalized spacial score (nSPS) is 10.7. The van der Waals surface area contributed by atoms with E-state index in [9.17, 15) is 9.59 Å². The third-order valence-corrected chi connectivity index (χ3v) is 5.40. The fraction of sp³-hybridized carbons (Fsp3) is 0.217. The third-order valence-electron chi connectivity index (χ3n) is 4.23. The lowest BCUT2D eigenvalue weighted by molar-refractivity contribution is -0.117. The fourth-order valence-electron chi connectivity index (χ4n) is 2.96. The fourth-order valence-corrected chi connectivity index (χ4v) is 3.98. The second-order valence-corrected chi connectivity index (χ2v) is 7.70. The van der Waals surface area contributed by atoms with Gasteiger partial charge < -0.3 is 10.1 Å². The molecule has 0 saturated carbocycles. The minimum absolute atomic E-state index is 0.175. The number of esters is 1. The van der Waals surface area contributed by atoms with Gasteiger partial charge in [0.25, 0.3) is 0 Å². The zero-order chi connectivity index (χ0) is 20.6. The van der Waals surface area contributed by atoms with Crippen LogP contribution in [-0.4, -0.2) is 37.0 Å². The highest BCUT2D eigenvalue weighted by Crippen LogP contribution is 2.35. The van der Waals surface area contributed by atoms with Gasteiger partial charge in [0, 0.05) is 11.4 Å². The molecule has 0 fully saturated rings. The van der Waals surface area contributed by atoms with Gasteiger partial charge in [0.05, 0.1) is 18.8 Å². The van der Waals surface area contributed by atoms with Crippen LogP contribution in [0.3, 0.4) is 0 Å². The van der Waals surface area contributed by atoms with Gasteiger partial charge >= 0.3 is 5.97 Å². The zero-order valence-corrected chi connectivity index (χ0v) is 17.4. The van der Waals surface area contributed by atoms with Crippen LogP contribution in [0.15, 0.2) is 66.7 Å². The number of nitrogens with zero attached hydrogens (tertiary/aromatic N) is 1. The summed E-state index contributed by atoms with van der Waals surface area (Å²) in [6.07, 6.45) is 0. The molecule has 150 valence electrons. The summed E-state index contributed by atoms with van der Waals surface area (Å²) >= 11 is 1.32. The molecule has 0 aliphatic heterocycles. The number of ether oxygens (including phenoxy) is 1. The van der Waals surface area contributed by atoms with Crippen molar-refractivity contribution in [3.8, 4) is 10.4 Å². The number of carbonyl (C=O) groups is 2. The van der Waals surface area contributed by atoms with E-state index in [-0.39, 0.29) is 19.1 Å². The van der Waals surface area contributed by atoms with Gasteiger partial charge in [-0.2, -0.15) is 0 Å². The number of thiophene rings is 1. The average molecular weight is 409 g/mol. The van der Waals surface area contributed by atoms with E-state index in [2.05, 4.69) is 5.32 Å². The molecule has 1 amide bonds. The molecule has 2 aromatic carbocycles. The lowest BCUT2D eigenvalue weighted by atomic mass is 10.2. The highest BCUT2D eigenvalue weighted by Gasteiger charge is 2.20. The second-order valence-electron chi connectivity index (χ2n) is 6.65. The highest BCUT2D eigenvalue weighted by molar-refractivity contribution is 7.18. The smallest absolute Gasteiger partial charge is 0.350 e. The van der Waals surface area contributed by atoms with Crippen molar-refractivity contribution < 1.29 is 14.3 Å². The Bertz CT molecular complexity index is 955. The quantitative estimate of drug-likeness (QED) is 0.551. The first-order valence-electron chi connectivity index (χ1n) is 9.45. The summed E-state index contributed by atoms with van der Waals surface area (Å²) in [5.41, 5.74) is 2.62. The Morgan fingerprint density at radius 3 is 2.34 bits per heavy atom. The number of amides is 1. The summed E-state index contributed by atoms with van der Waals surface area (Å²) in [6.45, 7) is 2.93. The predicted octanol–water partition coefficient (Wildman–Crippen LogP) is 4.66. The van der Waals surface area contributed by atoms with Crippen molar-refractivity contribution in [2.24, 2.45) is 0 Å². The lowest BCUT2D eigenvalue weighted by Crippen LogP contribution is -2.30. The summed E-state index contributed by atoms with van der Waals surface area (Å²) in [6, 6.07) is 21.6. The lowest BCUT2D eigenvalue weighted by Gasteiger charge is -2.16. The molecule has 3 aromatic rings. The minimum Gasteiger partial charge on any atom is -0.462 e. The molecular formula is C23H24N2O3S. The van der Waals surface area contributed by atoms with Gasteiger partial charge in [0.15, 0.2) is 0 Å². The maximum absolute atomic E-state index is 12.6. The number of anilines is 1. The topological polar surface area (TPSA) is 58.6 Å². The van der Waals surface area contributed by atoms with E-state index >= 15 is 0 Å². The summed E-state index contributed by atoms with van der Waals surface area (Å²) in [5, 5.41) is 2.89. The first-order valence-corrected chi connectivity index (χ1v) is 10.3. The van der Waals surface area contributed by atoms with Crippen molar-refractivity contribution in [2.75, 3.05) is 25.5 Å². The number of hydrogen-bond acceptors (Lipinski definition) is 5. The predicted molar refractivity (Wildman–Crippen MR) is 117 cm³/mol. The maximum Gasteiger partial charge on any atom is 0.350 e. The van der Waals surface area contributed by atoms with Crippen molar-refractivity contribution in [1.82, 2.24) is 4.90 Å². The molecule has 1 aromatic heterocycles. The van der Waals surface area contributed by atoms with Crippen LogP contribution < -0.4 is 5.32 Å². The van der Waals surface area contributed by atoms with Crippen LogP contribution in [0.5, 0.6) is 0 Å². The Balaban J connectivity index is 1.73. The summed E-state index contributed by atoms with van der Waals surface area (Å²) < 4.78 is 5.17. The molecule has 0 atom stereocenters.